The van der Waals surface area contributed by atoms with Crippen LogP contribution in [-0.4, -0.2) is 49.5 Å². The van der Waals surface area contributed by atoms with E-state index in [0.29, 0.717) is 10.7 Å². The van der Waals surface area contributed by atoms with Crippen molar-refractivity contribution < 1.29 is 18.0 Å². The summed E-state index contributed by atoms with van der Waals surface area (Å²) in [6.07, 6.45) is 8.86. The van der Waals surface area contributed by atoms with Crippen LogP contribution in [0.15, 0.2) is 48.5 Å². The molecule has 0 aliphatic heterocycles. The highest BCUT2D eigenvalue weighted by molar-refractivity contribution is 7.92. The first-order valence-corrected chi connectivity index (χ1v) is 17.3. The van der Waals surface area contributed by atoms with Crippen molar-refractivity contribution in [2.75, 3.05) is 17.1 Å². The largest absolute Gasteiger partial charge is 0.350 e. The average molecular weight is 614 g/mol. The van der Waals surface area contributed by atoms with Gasteiger partial charge < -0.3 is 10.2 Å². The average Bonchev–Trinajstić information content (AvgIpc) is 2.87. The number of hydrogen-bond acceptors (Lipinski definition) is 4. The molecule has 2 aromatic rings. The van der Waals surface area contributed by atoms with Crippen LogP contribution < -0.4 is 9.62 Å². The van der Waals surface area contributed by atoms with Gasteiger partial charge in [0.15, 0.2) is 0 Å². The lowest BCUT2D eigenvalue weighted by Gasteiger charge is -2.57. The number of nitrogens with zero attached hydrogens (tertiary/aromatic N) is 2. The van der Waals surface area contributed by atoms with E-state index in [1.807, 2.05) is 39.0 Å². The third-order valence-corrected chi connectivity index (χ3v) is 10.8. The van der Waals surface area contributed by atoms with Gasteiger partial charge in [0.1, 0.15) is 12.6 Å². The number of nitrogens with one attached hydrogen (secondary N) is 1. The van der Waals surface area contributed by atoms with Crippen LogP contribution in [0.1, 0.15) is 77.3 Å². The van der Waals surface area contributed by atoms with E-state index in [1.54, 1.807) is 25.1 Å². The Hall–Kier alpha value is -2.58. The molecule has 0 unspecified atom stereocenters. The maximum absolute atomic E-state index is 13.9. The molecular formula is C33H44ClN3O4S. The fourth-order valence-corrected chi connectivity index (χ4v) is 9.01. The standard InChI is InChI=1S/C33H44ClN3O4S/c1-22(31(39)35-32(2,3)4)36(20-23-7-6-8-28(34)16-23)30(38)21-37(42(5,40)41)29-11-9-27(10-12-29)33-17-24-13-25(18-33)15-26(14-24)19-33/h6-12,16,22,24-26H,13-15,17-21H2,1-5H3,(H,35,39)/t22-,24?,25?,26?,33?/m0/s1. The molecule has 1 N–H and O–H groups in total. The Balaban J connectivity index is 1.39. The van der Waals surface area contributed by atoms with E-state index in [1.165, 1.54) is 49.0 Å². The van der Waals surface area contributed by atoms with Crippen LogP contribution in [0.4, 0.5) is 5.69 Å². The topological polar surface area (TPSA) is 86.8 Å². The van der Waals surface area contributed by atoms with Gasteiger partial charge in [0.05, 0.1) is 11.9 Å². The van der Waals surface area contributed by atoms with Gasteiger partial charge in [-0.1, -0.05) is 35.9 Å². The number of sulfonamides is 1. The Labute approximate surface area is 256 Å². The van der Waals surface area contributed by atoms with E-state index in [0.717, 1.165) is 33.9 Å². The minimum absolute atomic E-state index is 0.112. The number of halogens is 1. The second kappa shape index (κ2) is 11.5. The van der Waals surface area contributed by atoms with Crippen molar-refractivity contribution in [3.8, 4) is 0 Å². The first-order valence-electron chi connectivity index (χ1n) is 15.1. The summed E-state index contributed by atoms with van der Waals surface area (Å²) in [5.74, 6) is 1.64. The van der Waals surface area contributed by atoms with Crippen molar-refractivity contribution in [3.63, 3.8) is 0 Å². The van der Waals surface area contributed by atoms with Crippen molar-refractivity contribution in [1.29, 1.82) is 0 Å². The molecule has 4 fully saturated rings. The van der Waals surface area contributed by atoms with Crippen LogP contribution in [0, 0.1) is 17.8 Å². The highest BCUT2D eigenvalue weighted by Gasteiger charge is 2.51. The van der Waals surface area contributed by atoms with Gasteiger partial charge in [-0.25, -0.2) is 8.42 Å². The molecule has 7 nitrogen and oxygen atoms in total. The van der Waals surface area contributed by atoms with E-state index < -0.39 is 34.1 Å². The van der Waals surface area contributed by atoms with Gasteiger partial charge in [-0.2, -0.15) is 0 Å². The predicted octanol–water partition coefficient (Wildman–Crippen LogP) is 5.91. The molecule has 0 radical (unpaired) electrons. The molecule has 2 aromatic carbocycles. The minimum Gasteiger partial charge on any atom is -0.350 e. The monoisotopic (exact) mass is 613 g/mol. The SMILES string of the molecule is C[C@@H](C(=O)NC(C)(C)C)N(Cc1cccc(Cl)c1)C(=O)CN(c1ccc(C23CC4CC(CC(C4)C2)C3)cc1)S(C)(=O)=O. The van der Waals surface area contributed by atoms with Gasteiger partial charge in [0.25, 0.3) is 0 Å². The summed E-state index contributed by atoms with van der Waals surface area (Å²) in [5.41, 5.74) is 2.20. The van der Waals surface area contributed by atoms with E-state index in [-0.39, 0.29) is 17.9 Å². The molecule has 228 valence electrons. The molecule has 6 rings (SSSR count). The van der Waals surface area contributed by atoms with Crippen LogP contribution in [0.5, 0.6) is 0 Å². The summed E-state index contributed by atoms with van der Waals surface area (Å²) in [6.45, 7) is 6.98. The number of carbonyl (C=O) groups excluding carboxylic acids is 2. The number of rotatable bonds is 9. The zero-order valence-electron chi connectivity index (χ0n) is 25.4. The molecule has 4 aliphatic rings. The van der Waals surface area contributed by atoms with Crippen molar-refractivity contribution >= 4 is 39.1 Å². The highest BCUT2D eigenvalue weighted by atomic mass is 35.5. The van der Waals surface area contributed by atoms with E-state index >= 15 is 0 Å². The summed E-state index contributed by atoms with van der Waals surface area (Å²) in [5, 5.41) is 3.45. The Morgan fingerprint density at radius 2 is 1.57 bits per heavy atom. The Kier molecular flexibility index (Phi) is 8.45. The zero-order valence-corrected chi connectivity index (χ0v) is 27.0. The van der Waals surface area contributed by atoms with Crippen LogP contribution >= 0.6 is 11.6 Å². The smallest absolute Gasteiger partial charge is 0.244 e. The maximum atomic E-state index is 13.9. The molecule has 0 aromatic heterocycles. The zero-order chi connectivity index (χ0) is 30.4. The summed E-state index contributed by atoms with van der Waals surface area (Å²) < 4.78 is 27.2. The molecule has 1 atom stereocenters. The summed E-state index contributed by atoms with van der Waals surface area (Å²) in [6, 6.07) is 14.1. The van der Waals surface area contributed by atoms with Crippen LogP contribution in [0.3, 0.4) is 0 Å². The molecule has 4 bridgehead atoms. The molecule has 4 saturated carbocycles. The molecule has 0 spiro atoms. The number of benzene rings is 2. The third-order valence-electron chi connectivity index (χ3n) is 9.39. The lowest BCUT2D eigenvalue weighted by atomic mass is 9.48. The van der Waals surface area contributed by atoms with Crippen molar-refractivity contribution in [1.82, 2.24) is 10.2 Å². The highest BCUT2D eigenvalue weighted by Crippen LogP contribution is 2.60. The maximum Gasteiger partial charge on any atom is 0.244 e. The Morgan fingerprint density at radius 1 is 1.00 bits per heavy atom. The first kappa shape index (κ1) is 30.9. The number of carbonyl (C=O) groups is 2. The predicted molar refractivity (Wildman–Crippen MR) is 168 cm³/mol. The van der Waals surface area contributed by atoms with Gasteiger partial charge >= 0.3 is 0 Å². The summed E-state index contributed by atoms with van der Waals surface area (Å²) in [7, 11) is -3.79. The number of amides is 2. The van der Waals surface area contributed by atoms with Crippen LogP contribution in [0.25, 0.3) is 0 Å². The van der Waals surface area contributed by atoms with Gasteiger partial charge in [-0.05, 0) is 125 Å². The normalized spacial score (nSPS) is 25.6. The Bertz CT molecular complexity index is 1400. The fraction of sp³-hybridized carbons (Fsp3) is 0.576. The lowest BCUT2D eigenvalue weighted by Crippen LogP contribution is -2.54. The molecular weight excluding hydrogens is 570 g/mol. The second-order valence-corrected chi connectivity index (χ2v) is 16.4. The quantitative estimate of drug-likeness (QED) is 0.381. The third kappa shape index (κ3) is 6.80. The Morgan fingerprint density at radius 3 is 2.07 bits per heavy atom. The molecule has 0 saturated heterocycles. The van der Waals surface area contributed by atoms with Gasteiger partial charge in [0.2, 0.25) is 21.8 Å². The summed E-state index contributed by atoms with van der Waals surface area (Å²) in [4.78, 5) is 28.5. The van der Waals surface area contributed by atoms with Crippen molar-refractivity contribution in [2.24, 2.45) is 17.8 Å². The van der Waals surface area contributed by atoms with Gasteiger partial charge in [0, 0.05) is 17.1 Å². The first-order chi connectivity index (χ1) is 19.6. The van der Waals surface area contributed by atoms with E-state index in [4.69, 9.17) is 11.6 Å². The lowest BCUT2D eigenvalue weighted by molar-refractivity contribution is -0.140. The van der Waals surface area contributed by atoms with Crippen molar-refractivity contribution in [3.05, 3.63) is 64.7 Å². The van der Waals surface area contributed by atoms with Crippen LogP contribution in [0.2, 0.25) is 5.02 Å². The number of hydrogen-bond donors (Lipinski definition) is 1. The molecule has 0 heterocycles. The molecule has 4 aliphatic carbocycles. The molecule has 9 heteroatoms. The fourth-order valence-electron chi connectivity index (χ4n) is 7.95. The second-order valence-electron chi connectivity index (χ2n) is 14.1. The van der Waals surface area contributed by atoms with Crippen molar-refractivity contribution in [2.45, 2.75) is 89.8 Å². The van der Waals surface area contributed by atoms with Crippen LogP contribution in [-0.2, 0) is 31.6 Å². The molecule has 2 amide bonds. The van der Waals surface area contributed by atoms with E-state index in [2.05, 4.69) is 17.4 Å². The molecule has 42 heavy (non-hydrogen) atoms. The summed E-state index contributed by atoms with van der Waals surface area (Å²) >= 11 is 6.20. The van der Waals surface area contributed by atoms with Gasteiger partial charge in [-0.3, -0.25) is 13.9 Å². The van der Waals surface area contributed by atoms with E-state index in [9.17, 15) is 18.0 Å². The van der Waals surface area contributed by atoms with Gasteiger partial charge in [-0.15, -0.1) is 0 Å². The number of anilines is 1. The minimum atomic E-state index is -3.79.